The number of nitrogens with zero attached hydrogens (tertiary/aromatic N) is 4. The molecule has 2 aliphatic rings. The van der Waals surface area contributed by atoms with E-state index in [4.69, 9.17) is 11.6 Å². The van der Waals surface area contributed by atoms with Gasteiger partial charge in [0.15, 0.2) is 0 Å². The van der Waals surface area contributed by atoms with Crippen LogP contribution in [0.5, 0.6) is 0 Å². The molecule has 1 aromatic carbocycles. The van der Waals surface area contributed by atoms with Gasteiger partial charge in [0, 0.05) is 37.9 Å². The highest BCUT2D eigenvalue weighted by molar-refractivity contribution is 7.89. The Bertz CT molecular complexity index is 1070. The Morgan fingerprint density at radius 2 is 1.83 bits per heavy atom. The van der Waals surface area contributed by atoms with Crippen LogP contribution in [-0.4, -0.2) is 65.0 Å². The van der Waals surface area contributed by atoms with Crippen LogP contribution in [0.25, 0.3) is 0 Å². The second kappa shape index (κ2) is 7.96. The number of fused-ring (bicyclic) bond motifs is 2. The molecular weight excluding hydrogens is 426 g/mol. The summed E-state index contributed by atoms with van der Waals surface area (Å²) in [4.78, 5) is 14.7. The number of hydrogen-bond donors (Lipinski definition) is 1. The van der Waals surface area contributed by atoms with Gasteiger partial charge in [0.1, 0.15) is 10.0 Å². The first-order valence-electron chi connectivity index (χ1n) is 9.99. The molecule has 2 atom stereocenters. The number of benzene rings is 1. The predicted octanol–water partition coefficient (Wildman–Crippen LogP) is 2.17. The Labute approximate surface area is 181 Å². The number of aromatic nitrogens is 2. The van der Waals surface area contributed by atoms with Crippen molar-refractivity contribution in [1.82, 2.24) is 19.0 Å². The molecule has 1 amide bonds. The zero-order valence-corrected chi connectivity index (χ0v) is 18.9. The monoisotopic (exact) mass is 451 g/mol. The summed E-state index contributed by atoms with van der Waals surface area (Å²) in [6, 6.07) is 7.30. The molecule has 2 aliphatic heterocycles. The van der Waals surface area contributed by atoms with E-state index in [1.165, 1.54) is 4.68 Å². The van der Waals surface area contributed by atoms with E-state index in [1.807, 2.05) is 36.1 Å². The van der Waals surface area contributed by atoms with Gasteiger partial charge in [0.25, 0.3) is 0 Å². The van der Waals surface area contributed by atoms with Gasteiger partial charge in [-0.25, -0.2) is 8.42 Å². The highest BCUT2D eigenvalue weighted by Gasteiger charge is 2.48. The number of piperazine rings is 1. The van der Waals surface area contributed by atoms with Crippen molar-refractivity contribution >= 4 is 33.2 Å². The lowest BCUT2D eigenvalue weighted by molar-refractivity contribution is -0.117. The quantitative estimate of drug-likeness (QED) is 0.752. The molecule has 2 unspecified atom stereocenters. The SMILES string of the molecule is Cc1ccccc1NC(=O)CN1CC2CCC(C1)N2S(=O)(=O)c1c(C)nn(C)c1Cl. The number of likely N-dealkylation sites (tertiary alicyclic amines) is 1. The number of carbonyl (C=O) groups is 1. The zero-order chi connectivity index (χ0) is 21.6. The molecule has 2 fully saturated rings. The summed E-state index contributed by atoms with van der Waals surface area (Å²) in [5, 5.41) is 7.24. The summed E-state index contributed by atoms with van der Waals surface area (Å²) < 4.78 is 29.8. The minimum atomic E-state index is -3.75. The Kier molecular flexibility index (Phi) is 5.65. The van der Waals surface area contributed by atoms with Crippen LogP contribution in [0.1, 0.15) is 24.1 Å². The number of anilines is 1. The second-order valence-electron chi connectivity index (χ2n) is 8.11. The maximum absolute atomic E-state index is 13.4. The first-order valence-corrected chi connectivity index (χ1v) is 11.8. The Balaban J connectivity index is 1.47. The standard InChI is InChI=1S/C20H26ClN5O3S/c1-13-6-4-5-7-17(13)22-18(27)12-25-10-15-8-9-16(11-25)26(15)30(28,29)19-14(2)23-24(3)20(19)21/h4-7,15-16H,8-12H2,1-3H3,(H,22,27). The molecule has 0 radical (unpaired) electrons. The molecule has 0 saturated carbocycles. The number of aryl methyl sites for hydroxylation is 3. The summed E-state index contributed by atoms with van der Waals surface area (Å²) >= 11 is 6.25. The molecule has 0 spiro atoms. The van der Waals surface area contributed by atoms with Crippen molar-refractivity contribution in [3.05, 3.63) is 40.7 Å². The van der Waals surface area contributed by atoms with E-state index < -0.39 is 10.0 Å². The van der Waals surface area contributed by atoms with Crippen molar-refractivity contribution < 1.29 is 13.2 Å². The number of carbonyl (C=O) groups excluding carboxylic acids is 1. The first kappa shape index (κ1) is 21.3. The van der Waals surface area contributed by atoms with Crippen molar-refractivity contribution in [2.45, 2.75) is 43.7 Å². The summed E-state index contributed by atoms with van der Waals surface area (Å²) in [6.07, 6.45) is 1.55. The lowest BCUT2D eigenvalue weighted by Gasteiger charge is -2.39. The Morgan fingerprint density at radius 1 is 1.20 bits per heavy atom. The number of hydrogen-bond acceptors (Lipinski definition) is 5. The summed E-state index contributed by atoms with van der Waals surface area (Å²) in [5.41, 5.74) is 2.21. The van der Waals surface area contributed by atoms with Crippen LogP contribution in [0.2, 0.25) is 5.15 Å². The molecule has 10 heteroatoms. The lowest BCUT2D eigenvalue weighted by atomic mass is 10.2. The predicted molar refractivity (Wildman–Crippen MR) is 115 cm³/mol. The van der Waals surface area contributed by atoms with Gasteiger partial charge >= 0.3 is 0 Å². The van der Waals surface area contributed by atoms with Crippen molar-refractivity contribution in [3.63, 3.8) is 0 Å². The number of halogens is 1. The van der Waals surface area contributed by atoms with Crippen molar-refractivity contribution in [2.24, 2.45) is 7.05 Å². The van der Waals surface area contributed by atoms with Crippen LogP contribution >= 0.6 is 11.6 Å². The topological polar surface area (TPSA) is 87.5 Å². The van der Waals surface area contributed by atoms with Gasteiger partial charge in [-0.1, -0.05) is 29.8 Å². The maximum Gasteiger partial charge on any atom is 0.248 e. The van der Waals surface area contributed by atoms with Crippen LogP contribution in [0, 0.1) is 13.8 Å². The summed E-state index contributed by atoms with van der Waals surface area (Å²) in [7, 11) is -2.12. The van der Waals surface area contributed by atoms with Gasteiger partial charge < -0.3 is 5.32 Å². The van der Waals surface area contributed by atoms with E-state index in [1.54, 1.807) is 18.3 Å². The normalized spacial score (nSPS) is 22.4. The number of para-hydroxylation sites is 1. The van der Waals surface area contributed by atoms with Crippen LogP contribution in [-0.2, 0) is 21.9 Å². The Hall–Kier alpha value is -1.94. The van der Waals surface area contributed by atoms with Crippen LogP contribution in [0.4, 0.5) is 5.69 Å². The minimum Gasteiger partial charge on any atom is -0.325 e. The average molecular weight is 452 g/mol. The van der Waals surface area contributed by atoms with Gasteiger partial charge in [-0.3, -0.25) is 14.4 Å². The molecule has 0 aliphatic carbocycles. The van der Waals surface area contributed by atoms with E-state index in [-0.39, 0.29) is 34.6 Å². The van der Waals surface area contributed by atoms with Gasteiger partial charge in [0.05, 0.1) is 12.2 Å². The van der Waals surface area contributed by atoms with Crippen LogP contribution < -0.4 is 5.32 Å². The van der Waals surface area contributed by atoms with Crippen molar-refractivity contribution in [3.8, 4) is 0 Å². The molecule has 162 valence electrons. The second-order valence-corrected chi connectivity index (χ2v) is 10.2. The number of rotatable bonds is 5. The number of sulfonamides is 1. The fraction of sp³-hybridized carbons (Fsp3) is 0.500. The number of amides is 1. The van der Waals surface area contributed by atoms with Crippen LogP contribution in [0.15, 0.2) is 29.2 Å². The van der Waals surface area contributed by atoms with Gasteiger partial charge in [-0.05, 0) is 38.3 Å². The highest BCUT2D eigenvalue weighted by atomic mass is 35.5. The number of nitrogens with one attached hydrogen (secondary N) is 1. The van der Waals surface area contributed by atoms with Gasteiger partial charge in [-0.2, -0.15) is 9.40 Å². The largest absolute Gasteiger partial charge is 0.325 e. The Morgan fingerprint density at radius 3 is 2.40 bits per heavy atom. The van der Waals surface area contributed by atoms with E-state index in [2.05, 4.69) is 10.4 Å². The third-order valence-corrected chi connectivity index (χ3v) is 8.61. The van der Waals surface area contributed by atoms with E-state index in [0.717, 1.165) is 24.1 Å². The average Bonchev–Trinajstić information content (AvgIpc) is 3.10. The molecule has 2 bridgehead atoms. The van der Waals surface area contributed by atoms with E-state index >= 15 is 0 Å². The summed E-state index contributed by atoms with van der Waals surface area (Å²) in [6.45, 7) is 4.89. The molecule has 2 saturated heterocycles. The third kappa shape index (κ3) is 3.75. The summed E-state index contributed by atoms with van der Waals surface area (Å²) in [5.74, 6) is -0.0915. The molecule has 1 aromatic heterocycles. The maximum atomic E-state index is 13.4. The molecule has 4 rings (SSSR count). The fourth-order valence-electron chi connectivity index (χ4n) is 4.59. The molecule has 2 aromatic rings. The smallest absolute Gasteiger partial charge is 0.248 e. The van der Waals surface area contributed by atoms with Gasteiger partial charge in [0.2, 0.25) is 15.9 Å². The van der Waals surface area contributed by atoms with E-state index in [9.17, 15) is 13.2 Å². The first-order chi connectivity index (χ1) is 14.2. The molecule has 3 heterocycles. The molecule has 30 heavy (non-hydrogen) atoms. The zero-order valence-electron chi connectivity index (χ0n) is 17.3. The minimum absolute atomic E-state index is 0.0915. The lowest BCUT2D eigenvalue weighted by Crippen LogP contribution is -2.56. The highest BCUT2D eigenvalue weighted by Crippen LogP contribution is 2.38. The molecule has 8 nitrogen and oxygen atoms in total. The molecular formula is C20H26ClN5O3S. The van der Waals surface area contributed by atoms with Crippen LogP contribution in [0.3, 0.4) is 0 Å². The molecule has 1 N–H and O–H groups in total. The van der Waals surface area contributed by atoms with E-state index in [0.29, 0.717) is 18.8 Å². The van der Waals surface area contributed by atoms with Gasteiger partial charge in [-0.15, -0.1) is 0 Å². The van der Waals surface area contributed by atoms with Crippen molar-refractivity contribution in [1.29, 1.82) is 0 Å². The third-order valence-electron chi connectivity index (χ3n) is 5.91. The fourth-order valence-corrected chi connectivity index (χ4v) is 7.15. The van der Waals surface area contributed by atoms with Crippen molar-refractivity contribution in [2.75, 3.05) is 25.0 Å².